The quantitative estimate of drug-likeness (QED) is 0.719. The Morgan fingerprint density at radius 3 is 2.08 bits per heavy atom. The van der Waals surface area contributed by atoms with Gasteiger partial charge in [0.1, 0.15) is 0 Å². The minimum Gasteiger partial charge on any atom is -0.481 e. The summed E-state index contributed by atoms with van der Waals surface area (Å²) >= 11 is 0. The van der Waals surface area contributed by atoms with Gasteiger partial charge in [0.25, 0.3) is 5.91 Å². The summed E-state index contributed by atoms with van der Waals surface area (Å²) in [5.74, 6) is -1.34. The molecule has 0 spiro atoms. The molecular formula is C19H20N2O4. The summed E-state index contributed by atoms with van der Waals surface area (Å²) in [6, 6.07) is 14.1. The van der Waals surface area contributed by atoms with Crippen LogP contribution < -0.4 is 10.6 Å². The van der Waals surface area contributed by atoms with Crippen molar-refractivity contribution in [1.82, 2.24) is 0 Å². The van der Waals surface area contributed by atoms with E-state index in [0.717, 1.165) is 5.56 Å². The van der Waals surface area contributed by atoms with Crippen molar-refractivity contribution in [3.05, 3.63) is 59.7 Å². The monoisotopic (exact) mass is 340 g/mol. The van der Waals surface area contributed by atoms with E-state index in [4.69, 9.17) is 5.11 Å². The summed E-state index contributed by atoms with van der Waals surface area (Å²) in [7, 11) is 0. The fourth-order valence-corrected chi connectivity index (χ4v) is 2.29. The topological polar surface area (TPSA) is 95.5 Å². The zero-order chi connectivity index (χ0) is 18.2. The van der Waals surface area contributed by atoms with Crippen LogP contribution in [0.5, 0.6) is 0 Å². The number of rotatable bonds is 7. The van der Waals surface area contributed by atoms with E-state index >= 15 is 0 Å². The van der Waals surface area contributed by atoms with Crippen molar-refractivity contribution in [1.29, 1.82) is 0 Å². The highest BCUT2D eigenvalue weighted by atomic mass is 16.4. The Bertz CT molecular complexity index is 769. The highest BCUT2D eigenvalue weighted by Gasteiger charge is 2.09. The molecule has 2 amide bonds. The first-order valence-corrected chi connectivity index (χ1v) is 7.94. The number of aryl methyl sites for hydroxylation is 1. The summed E-state index contributed by atoms with van der Waals surface area (Å²) in [4.78, 5) is 34.4. The second kappa shape index (κ2) is 8.63. The number of benzene rings is 2. The molecule has 0 unspecified atom stereocenters. The number of aliphatic carboxylic acids is 1. The van der Waals surface area contributed by atoms with Gasteiger partial charge in [-0.1, -0.05) is 18.2 Å². The Morgan fingerprint density at radius 1 is 0.880 bits per heavy atom. The number of anilines is 2. The molecule has 0 fully saturated rings. The number of carbonyl (C=O) groups is 3. The lowest BCUT2D eigenvalue weighted by atomic mass is 10.1. The summed E-state index contributed by atoms with van der Waals surface area (Å²) in [6.45, 7) is 1.87. The van der Waals surface area contributed by atoms with Gasteiger partial charge < -0.3 is 15.7 Å². The van der Waals surface area contributed by atoms with Gasteiger partial charge in [0, 0.05) is 29.8 Å². The van der Waals surface area contributed by atoms with E-state index in [9.17, 15) is 14.4 Å². The Kier molecular flexibility index (Phi) is 6.28. The van der Waals surface area contributed by atoms with Crippen LogP contribution in [0, 0.1) is 6.92 Å². The summed E-state index contributed by atoms with van der Waals surface area (Å²) in [5.41, 5.74) is 2.72. The second-order valence-electron chi connectivity index (χ2n) is 5.64. The molecule has 0 aliphatic heterocycles. The van der Waals surface area contributed by atoms with Crippen LogP contribution in [0.1, 0.15) is 35.2 Å². The normalized spacial score (nSPS) is 10.1. The molecule has 0 bridgehead atoms. The number of carboxylic acid groups (broad SMARTS) is 1. The smallest absolute Gasteiger partial charge is 0.303 e. The molecule has 2 aromatic rings. The number of carboxylic acids is 1. The van der Waals surface area contributed by atoms with Gasteiger partial charge in [-0.15, -0.1) is 0 Å². The first-order chi connectivity index (χ1) is 12.0. The number of amides is 2. The Balaban J connectivity index is 1.89. The second-order valence-corrected chi connectivity index (χ2v) is 5.64. The minimum atomic E-state index is -0.915. The Labute approximate surface area is 145 Å². The maximum Gasteiger partial charge on any atom is 0.303 e. The van der Waals surface area contributed by atoms with Gasteiger partial charge in [0.2, 0.25) is 5.91 Å². The van der Waals surface area contributed by atoms with Crippen LogP contribution >= 0.6 is 0 Å². The number of hydrogen-bond donors (Lipinski definition) is 3. The Morgan fingerprint density at radius 2 is 1.48 bits per heavy atom. The molecule has 0 aliphatic carbocycles. The first-order valence-electron chi connectivity index (χ1n) is 7.94. The van der Waals surface area contributed by atoms with E-state index in [1.165, 1.54) is 0 Å². The molecule has 0 aromatic heterocycles. The minimum absolute atomic E-state index is 0.0305. The van der Waals surface area contributed by atoms with Crippen LogP contribution in [0.15, 0.2) is 48.5 Å². The predicted molar refractivity (Wildman–Crippen MR) is 95.7 cm³/mol. The zero-order valence-corrected chi connectivity index (χ0v) is 13.9. The van der Waals surface area contributed by atoms with E-state index < -0.39 is 5.97 Å². The zero-order valence-electron chi connectivity index (χ0n) is 13.9. The third-order valence-electron chi connectivity index (χ3n) is 3.61. The molecule has 2 rings (SSSR count). The molecule has 0 atom stereocenters. The van der Waals surface area contributed by atoms with Gasteiger partial charge in [-0.2, -0.15) is 0 Å². The van der Waals surface area contributed by atoms with E-state index in [0.29, 0.717) is 23.4 Å². The first kappa shape index (κ1) is 18.2. The predicted octanol–water partition coefficient (Wildman–Crippen LogP) is 3.44. The molecule has 0 radical (unpaired) electrons. The SMILES string of the molecule is Cc1ccccc1C(=O)Nc1ccc(NC(=O)CCCC(=O)O)cc1. The maximum absolute atomic E-state index is 12.2. The van der Waals surface area contributed by atoms with Crippen LogP contribution in [0.4, 0.5) is 11.4 Å². The standard InChI is InChI=1S/C19H20N2O4/c1-13-5-2-3-6-16(13)19(25)21-15-11-9-14(10-12-15)20-17(22)7-4-8-18(23)24/h2-3,5-6,9-12H,4,7-8H2,1H3,(H,20,22)(H,21,25)(H,23,24). The molecule has 6 heteroatoms. The molecule has 0 aliphatic rings. The van der Waals surface area contributed by atoms with Crippen molar-refractivity contribution in [3.63, 3.8) is 0 Å². The molecule has 130 valence electrons. The number of carbonyl (C=O) groups excluding carboxylic acids is 2. The highest BCUT2D eigenvalue weighted by Crippen LogP contribution is 2.16. The molecular weight excluding hydrogens is 320 g/mol. The third-order valence-corrected chi connectivity index (χ3v) is 3.61. The molecule has 0 heterocycles. The van der Waals surface area contributed by atoms with Crippen LogP contribution in [0.25, 0.3) is 0 Å². The fraction of sp³-hybridized carbons (Fsp3) is 0.211. The van der Waals surface area contributed by atoms with Gasteiger partial charge >= 0.3 is 5.97 Å². The van der Waals surface area contributed by atoms with Gasteiger partial charge in [-0.3, -0.25) is 14.4 Å². The lowest BCUT2D eigenvalue weighted by Crippen LogP contribution is -2.14. The molecule has 0 saturated heterocycles. The summed E-state index contributed by atoms with van der Waals surface area (Å²) in [6.07, 6.45) is 0.418. The maximum atomic E-state index is 12.2. The van der Waals surface area contributed by atoms with Crippen LogP contribution in [-0.4, -0.2) is 22.9 Å². The van der Waals surface area contributed by atoms with E-state index in [1.807, 2.05) is 25.1 Å². The highest BCUT2D eigenvalue weighted by molar-refractivity contribution is 6.05. The molecule has 25 heavy (non-hydrogen) atoms. The van der Waals surface area contributed by atoms with Crippen molar-refractivity contribution in [2.24, 2.45) is 0 Å². The van der Waals surface area contributed by atoms with E-state index in [2.05, 4.69) is 10.6 Å². The molecule has 2 aromatic carbocycles. The fourth-order valence-electron chi connectivity index (χ4n) is 2.29. The van der Waals surface area contributed by atoms with E-state index in [1.54, 1.807) is 30.3 Å². The van der Waals surface area contributed by atoms with Crippen LogP contribution in [0.2, 0.25) is 0 Å². The van der Waals surface area contributed by atoms with Crippen molar-refractivity contribution in [2.45, 2.75) is 26.2 Å². The van der Waals surface area contributed by atoms with Crippen LogP contribution in [-0.2, 0) is 9.59 Å². The van der Waals surface area contributed by atoms with Crippen molar-refractivity contribution in [2.75, 3.05) is 10.6 Å². The van der Waals surface area contributed by atoms with Crippen molar-refractivity contribution < 1.29 is 19.5 Å². The summed E-state index contributed by atoms with van der Waals surface area (Å²) < 4.78 is 0. The Hall–Kier alpha value is -3.15. The summed E-state index contributed by atoms with van der Waals surface area (Å²) in [5, 5.41) is 14.1. The van der Waals surface area contributed by atoms with Crippen molar-refractivity contribution in [3.8, 4) is 0 Å². The van der Waals surface area contributed by atoms with Gasteiger partial charge in [-0.25, -0.2) is 0 Å². The molecule has 3 N–H and O–H groups in total. The van der Waals surface area contributed by atoms with Gasteiger partial charge in [0.15, 0.2) is 0 Å². The molecule has 6 nitrogen and oxygen atoms in total. The third kappa shape index (κ3) is 5.76. The van der Waals surface area contributed by atoms with Crippen molar-refractivity contribution >= 4 is 29.2 Å². The lowest BCUT2D eigenvalue weighted by molar-refractivity contribution is -0.137. The lowest BCUT2D eigenvalue weighted by Gasteiger charge is -2.09. The number of nitrogens with one attached hydrogen (secondary N) is 2. The number of hydrogen-bond acceptors (Lipinski definition) is 3. The van der Waals surface area contributed by atoms with Crippen LogP contribution in [0.3, 0.4) is 0 Å². The average molecular weight is 340 g/mol. The van der Waals surface area contributed by atoms with Gasteiger partial charge in [-0.05, 0) is 49.2 Å². The molecule has 0 saturated carbocycles. The largest absolute Gasteiger partial charge is 0.481 e. The van der Waals surface area contributed by atoms with E-state index in [-0.39, 0.29) is 24.7 Å². The van der Waals surface area contributed by atoms with Gasteiger partial charge in [0.05, 0.1) is 0 Å². The average Bonchev–Trinajstić information content (AvgIpc) is 2.56.